The van der Waals surface area contributed by atoms with Gasteiger partial charge in [-0.2, -0.15) is 0 Å². The summed E-state index contributed by atoms with van der Waals surface area (Å²) in [6.45, 7) is 7.74. The van der Waals surface area contributed by atoms with E-state index in [1.165, 1.54) is 5.56 Å². The number of benzene rings is 2. The van der Waals surface area contributed by atoms with Gasteiger partial charge in [-0.1, -0.05) is 43.3 Å². The molecule has 4 rings (SSSR count). The summed E-state index contributed by atoms with van der Waals surface area (Å²) in [6, 6.07) is 17.0. The number of rotatable bonds is 7. The summed E-state index contributed by atoms with van der Waals surface area (Å²) in [6.07, 6.45) is 3.41. The normalized spacial score (nSPS) is 16.0. The van der Waals surface area contributed by atoms with Crippen LogP contribution in [-0.4, -0.2) is 52.0 Å². The zero-order chi connectivity index (χ0) is 22.3. The van der Waals surface area contributed by atoms with Crippen LogP contribution in [-0.2, 0) is 17.9 Å². The summed E-state index contributed by atoms with van der Waals surface area (Å²) in [5.41, 5.74) is 4.56. The van der Waals surface area contributed by atoms with Crippen LogP contribution < -0.4 is 10.6 Å². The number of nitrogens with zero attached hydrogens (tertiary/aromatic N) is 4. The molecular formula is C25H33IN6O. The highest BCUT2D eigenvalue weighted by Gasteiger charge is 2.25. The molecule has 0 saturated carbocycles. The lowest BCUT2D eigenvalue weighted by Crippen LogP contribution is -2.45. The second kappa shape index (κ2) is 12.0. The summed E-state index contributed by atoms with van der Waals surface area (Å²) in [4.78, 5) is 23.1. The topological polar surface area (TPSA) is 74.6 Å². The molecule has 1 aliphatic heterocycles. The molecule has 1 fully saturated rings. The Morgan fingerprint density at radius 2 is 1.88 bits per heavy atom. The van der Waals surface area contributed by atoms with E-state index in [0.29, 0.717) is 13.0 Å². The SMILES string of the molecule is CCNC(=NCc1ccc(Cn2cnc3ccccc32)cc1)NC1CCN(C(=O)CC)C1.I. The van der Waals surface area contributed by atoms with Gasteiger partial charge in [0.05, 0.1) is 23.9 Å². The first-order valence-electron chi connectivity index (χ1n) is 11.5. The third-order valence-corrected chi connectivity index (χ3v) is 5.85. The Hall–Kier alpha value is -2.62. The Morgan fingerprint density at radius 3 is 2.64 bits per heavy atom. The van der Waals surface area contributed by atoms with Gasteiger partial charge in [0, 0.05) is 38.6 Å². The number of aromatic nitrogens is 2. The van der Waals surface area contributed by atoms with Gasteiger partial charge in [0.2, 0.25) is 5.91 Å². The molecule has 1 saturated heterocycles. The average molecular weight is 560 g/mol. The van der Waals surface area contributed by atoms with Crippen LogP contribution in [0.4, 0.5) is 0 Å². The Labute approximate surface area is 212 Å². The van der Waals surface area contributed by atoms with E-state index in [0.717, 1.165) is 55.2 Å². The number of likely N-dealkylation sites (tertiary alicyclic amines) is 1. The third kappa shape index (κ3) is 6.46. The molecule has 0 aliphatic carbocycles. The molecular weight excluding hydrogens is 527 g/mol. The van der Waals surface area contributed by atoms with Gasteiger partial charge >= 0.3 is 0 Å². The lowest BCUT2D eigenvalue weighted by atomic mass is 10.1. The number of aliphatic imine (C=N–C) groups is 1. The summed E-state index contributed by atoms with van der Waals surface area (Å²) in [5, 5.41) is 6.81. The molecule has 33 heavy (non-hydrogen) atoms. The highest BCUT2D eigenvalue weighted by molar-refractivity contribution is 14.0. The minimum Gasteiger partial charge on any atom is -0.357 e. The minimum absolute atomic E-state index is 0. The van der Waals surface area contributed by atoms with E-state index in [9.17, 15) is 4.79 Å². The molecule has 7 nitrogen and oxygen atoms in total. The number of hydrogen-bond acceptors (Lipinski definition) is 3. The fourth-order valence-electron chi connectivity index (χ4n) is 4.10. The van der Waals surface area contributed by atoms with Crippen molar-refractivity contribution < 1.29 is 4.79 Å². The van der Waals surface area contributed by atoms with Gasteiger partial charge in [0.25, 0.3) is 0 Å². The van der Waals surface area contributed by atoms with Gasteiger partial charge in [-0.3, -0.25) is 4.79 Å². The summed E-state index contributed by atoms with van der Waals surface area (Å²) < 4.78 is 2.17. The van der Waals surface area contributed by atoms with E-state index < -0.39 is 0 Å². The van der Waals surface area contributed by atoms with Gasteiger partial charge in [-0.05, 0) is 36.6 Å². The van der Waals surface area contributed by atoms with Crippen molar-refractivity contribution in [2.24, 2.45) is 4.99 Å². The monoisotopic (exact) mass is 560 g/mol. The van der Waals surface area contributed by atoms with Crippen molar-refractivity contribution in [2.75, 3.05) is 19.6 Å². The Balaban J connectivity index is 0.00000306. The van der Waals surface area contributed by atoms with Crippen molar-refractivity contribution >= 4 is 46.9 Å². The van der Waals surface area contributed by atoms with Crippen LogP contribution in [0, 0.1) is 0 Å². The van der Waals surface area contributed by atoms with Crippen LogP contribution in [0.1, 0.15) is 37.8 Å². The van der Waals surface area contributed by atoms with Crippen LogP contribution in [0.2, 0.25) is 0 Å². The van der Waals surface area contributed by atoms with Crippen molar-refractivity contribution in [2.45, 2.75) is 45.8 Å². The average Bonchev–Trinajstić information content (AvgIpc) is 3.45. The minimum atomic E-state index is 0. The van der Waals surface area contributed by atoms with Crippen molar-refractivity contribution in [1.82, 2.24) is 25.1 Å². The predicted molar refractivity (Wildman–Crippen MR) is 144 cm³/mol. The quantitative estimate of drug-likeness (QED) is 0.262. The van der Waals surface area contributed by atoms with Crippen LogP contribution in [0.3, 0.4) is 0 Å². The van der Waals surface area contributed by atoms with E-state index in [1.54, 1.807) is 0 Å². The largest absolute Gasteiger partial charge is 0.357 e. The lowest BCUT2D eigenvalue weighted by Gasteiger charge is -2.18. The van der Waals surface area contributed by atoms with E-state index in [2.05, 4.69) is 57.4 Å². The Morgan fingerprint density at radius 1 is 1.12 bits per heavy atom. The highest BCUT2D eigenvalue weighted by atomic mass is 127. The predicted octanol–water partition coefficient (Wildman–Crippen LogP) is 3.77. The Kier molecular flexibility index (Phi) is 9.11. The number of carbonyl (C=O) groups is 1. The standard InChI is InChI=1S/C25H32N6O.HI/c1-3-24(32)30-14-13-21(17-30)29-25(26-4-2)27-15-19-9-11-20(12-10-19)16-31-18-28-22-7-5-6-8-23(22)31;/h5-12,18,21H,3-4,13-17H2,1-2H3,(H2,26,27,29);1H. The van der Waals surface area contributed by atoms with Gasteiger partial charge in [0.15, 0.2) is 5.96 Å². The molecule has 1 atom stereocenters. The number of amides is 1. The number of nitrogens with one attached hydrogen (secondary N) is 2. The summed E-state index contributed by atoms with van der Waals surface area (Å²) in [7, 11) is 0. The van der Waals surface area contributed by atoms with Crippen LogP contribution in [0.15, 0.2) is 59.9 Å². The van der Waals surface area contributed by atoms with Crippen LogP contribution in [0.5, 0.6) is 0 Å². The molecule has 0 bridgehead atoms. The maximum Gasteiger partial charge on any atom is 0.222 e. The number of carbonyl (C=O) groups excluding carboxylic acids is 1. The first-order chi connectivity index (χ1) is 15.7. The molecule has 2 aromatic carbocycles. The van der Waals surface area contributed by atoms with Crippen molar-refractivity contribution in [3.63, 3.8) is 0 Å². The van der Waals surface area contributed by atoms with E-state index in [4.69, 9.17) is 4.99 Å². The molecule has 0 spiro atoms. The van der Waals surface area contributed by atoms with E-state index in [1.807, 2.05) is 36.4 Å². The molecule has 176 valence electrons. The van der Waals surface area contributed by atoms with Crippen molar-refractivity contribution in [3.05, 3.63) is 66.0 Å². The summed E-state index contributed by atoms with van der Waals surface area (Å²) >= 11 is 0. The zero-order valence-electron chi connectivity index (χ0n) is 19.3. The fourth-order valence-corrected chi connectivity index (χ4v) is 4.10. The van der Waals surface area contributed by atoms with E-state index >= 15 is 0 Å². The third-order valence-electron chi connectivity index (χ3n) is 5.85. The highest BCUT2D eigenvalue weighted by Crippen LogP contribution is 2.15. The fraction of sp³-hybridized carbons (Fsp3) is 0.400. The zero-order valence-corrected chi connectivity index (χ0v) is 21.7. The Bertz CT molecular complexity index is 1080. The molecule has 3 aromatic rings. The van der Waals surface area contributed by atoms with Gasteiger partial charge in [0.1, 0.15) is 0 Å². The van der Waals surface area contributed by atoms with Crippen molar-refractivity contribution in [1.29, 1.82) is 0 Å². The van der Waals surface area contributed by atoms with Crippen molar-refractivity contribution in [3.8, 4) is 0 Å². The molecule has 1 aliphatic rings. The van der Waals surface area contributed by atoms with Crippen LogP contribution in [0.25, 0.3) is 11.0 Å². The second-order valence-electron chi connectivity index (χ2n) is 8.20. The van der Waals surface area contributed by atoms with Gasteiger partial charge < -0.3 is 20.1 Å². The number of guanidine groups is 1. The first kappa shape index (κ1) is 25.0. The van der Waals surface area contributed by atoms with Crippen LogP contribution >= 0.6 is 24.0 Å². The number of para-hydroxylation sites is 2. The lowest BCUT2D eigenvalue weighted by molar-refractivity contribution is -0.129. The maximum atomic E-state index is 11.9. The number of imidazole rings is 1. The summed E-state index contributed by atoms with van der Waals surface area (Å²) in [5.74, 6) is 1.03. The van der Waals surface area contributed by atoms with Gasteiger partial charge in [-0.15, -0.1) is 24.0 Å². The second-order valence-corrected chi connectivity index (χ2v) is 8.20. The first-order valence-corrected chi connectivity index (χ1v) is 11.5. The number of halogens is 1. The van der Waals surface area contributed by atoms with Gasteiger partial charge in [-0.25, -0.2) is 9.98 Å². The smallest absolute Gasteiger partial charge is 0.222 e. The molecule has 2 heterocycles. The van der Waals surface area contributed by atoms with E-state index in [-0.39, 0.29) is 35.9 Å². The molecule has 0 radical (unpaired) electrons. The molecule has 2 N–H and O–H groups in total. The molecule has 1 amide bonds. The molecule has 1 unspecified atom stereocenters. The molecule has 8 heteroatoms. The maximum absolute atomic E-state index is 11.9. The number of hydrogen-bond donors (Lipinski definition) is 2. The number of fused-ring (bicyclic) bond motifs is 1. The molecule has 1 aromatic heterocycles.